The topological polar surface area (TPSA) is 92.1 Å². The molecule has 0 aromatic carbocycles. The Morgan fingerprint density at radius 1 is 1.33 bits per heavy atom. The highest BCUT2D eigenvalue weighted by atomic mass is 16.4. The van der Waals surface area contributed by atoms with E-state index in [0.717, 1.165) is 48.2 Å². The van der Waals surface area contributed by atoms with Crippen LogP contribution in [-0.4, -0.2) is 37.6 Å². The largest absolute Gasteiger partial charge is 0.481 e. The van der Waals surface area contributed by atoms with Crippen LogP contribution in [0.1, 0.15) is 48.3 Å². The van der Waals surface area contributed by atoms with E-state index < -0.39 is 5.97 Å². The maximum atomic E-state index is 10.8. The molecule has 1 fully saturated rings. The quantitative estimate of drug-likeness (QED) is 0.900. The molecule has 0 spiro atoms. The van der Waals surface area contributed by atoms with Crippen LogP contribution in [-0.2, 0) is 11.2 Å². The number of carbonyl (C=O) groups is 1. The van der Waals surface area contributed by atoms with Gasteiger partial charge >= 0.3 is 5.97 Å². The molecule has 1 aliphatic rings. The first kappa shape index (κ1) is 16.3. The summed E-state index contributed by atoms with van der Waals surface area (Å²) in [5, 5.41) is 8.88. The van der Waals surface area contributed by atoms with Gasteiger partial charge in [0.15, 0.2) is 5.82 Å². The predicted octanol–water partition coefficient (Wildman–Crippen LogP) is 2.24. The fourth-order valence-corrected chi connectivity index (χ4v) is 3.08. The number of hydrogen-bond acceptors (Lipinski definition) is 6. The van der Waals surface area contributed by atoms with E-state index >= 15 is 0 Å². The monoisotopic (exact) mass is 327 g/mol. The number of carboxylic acid groups (broad SMARTS) is 1. The number of anilines is 1. The molecule has 0 saturated carbocycles. The maximum absolute atomic E-state index is 10.8. The average Bonchev–Trinajstić information content (AvgIpc) is 3.02. The van der Waals surface area contributed by atoms with Crippen LogP contribution in [0.25, 0.3) is 0 Å². The van der Waals surface area contributed by atoms with Crippen molar-refractivity contribution in [3.8, 4) is 0 Å². The number of aryl methyl sites for hydroxylation is 3. The zero-order valence-electron chi connectivity index (χ0n) is 13.9. The van der Waals surface area contributed by atoms with E-state index in [1.54, 1.807) is 6.20 Å². The highest BCUT2D eigenvalue weighted by Crippen LogP contribution is 2.33. The minimum Gasteiger partial charge on any atom is -0.481 e. The van der Waals surface area contributed by atoms with E-state index in [-0.39, 0.29) is 12.5 Å². The number of hydrogen-bond donors (Lipinski definition) is 1. The average molecular weight is 327 g/mol. The molecule has 2 aromatic rings. The molecule has 126 valence electrons. The summed E-state index contributed by atoms with van der Waals surface area (Å²) in [7, 11) is 0. The first-order valence-corrected chi connectivity index (χ1v) is 8.15. The second kappa shape index (κ2) is 6.90. The van der Waals surface area contributed by atoms with E-state index in [1.807, 2.05) is 26.0 Å². The molecule has 0 radical (unpaired) electrons. The first-order valence-electron chi connectivity index (χ1n) is 8.15. The Labute approximate surface area is 140 Å². The van der Waals surface area contributed by atoms with Crippen LogP contribution in [0.3, 0.4) is 0 Å². The van der Waals surface area contributed by atoms with Crippen molar-refractivity contribution in [2.75, 3.05) is 11.4 Å². The van der Waals surface area contributed by atoms with Crippen molar-refractivity contribution >= 4 is 11.8 Å². The van der Waals surface area contributed by atoms with Gasteiger partial charge in [0.05, 0.1) is 12.5 Å². The van der Waals surface area contributed by atoms with Crippen LogP contribution in [0.15, 0.2) is 18.3 Å². The molecule has 1 aliphatic heterocycles. The van der Waals surface area contributed by atoms with Crippen molar-refractivity contribution in [1.82, 2.24) is 19.9 Å². The van der Waals surface area contributed by atoms with Crippen molar-refractivity contribution in [2.45, 2.75) is 45.6 Å². The molecule has 7 nitrogen and oxygen atoms in total. The Morgan fingerprint density at radius 2 is 2.17 bits per heavy atom. The van der Waals surface area contributed by atoms with Gasteiger partial charge < -0.3 is 10.0 Å². The SMILES string of the molecule is Cc1cc(CCC(=O)O)nc(C2CCCN2c2ccnc(C)n2)n1. The van der Waals surface area contributed by atoms with Crippen molar-refractivity contribution in [1.29, 1.82) is 0 Å². The van der Waals surface area contributed by atoms with Crippen LogP contribution < -0.4 is 4.90 Å². The van der Waals surface area contributed by atoms with Crippen LogP contribution in [0.2, 0.25) is 0 Å². The molecule has 3 heterocycles. The lowest BCUT2D eigenvalue weighted by Gasteiger charge is -2.25. The fourth-order valence-electron chi connectivity index (χ4n) is 3.08. The van der Waals surface area contributed by atoms with Gasteiger partial charge in [-0.25, -0.2) is 19.9 Å². The van der Waals surface area contributed by atoms with Gasteiger partial charge in [-0.3, -0.25) is 4.79 Å². The van der Waals surface area contributed by atoms with Gasteiger partial charge in [0.1, 0.15) is 11.6 Å². The number of aliphatic carboxylic acids is 1. The molecule has 1 saturated heterocycles. The van der Waals surface area contributed by atoms with Crippen molar-refractivity contribution in [3.05, 3.63) is 41.4 Å². The number of carboxylic acids is 1. The summed E-state index contributed by atoms with van der Waals surface area (Å²) in [4.78, 5) is 30.9. The zero-order chi connectivity index (χ0) is 17.1. The van der Waals surface area contributed by atoms with Crippen molar-refractivity contribution in [3.63, 3.8) is 0 Å². The number of rotatable bonds is 5. The molecular formula is C17H21N5O2. The summed E-state index contributed by atoms with van der Waals surface area (Å²) in [6.45, 7) is 4.70. The molecule has 3 rings (SSSR count). The molecule has 0 aliphatic carbocycles. The van der Waals surface area contributed by atoms with Crippen LogP contribution in [0.5, 0.6) is 0 Å². The normalized spacial score (nSPS) is 17.2. The lowest BCUT2D eigenvalue weighted by atomic mass is 10.1. The molecule has 7 heteroatoms. The zero-order valence-corrected chi connectivity index (χ0v) is 13.9. The molecule has 1 N–H and O–H groups in total. The summed E-state index contributed by atoms with van der Waals surface area (Å²) in [5.74, 6) is 1.57. The standard InChI is InChI=1S/C17H21N5O2/c1-11-10-13(5-6-16(23)24)21-17(19-11)14-4-3-9-22(14)15-7-8-18-12(2)20-15/h7-8,10,14H,3-6,9H2,1-2H3,(H,23,24). The van der Waals surface area contributed by atoms with Crippen LogP contribution in [0, 0.1) is 13.8 Å². The molecule has 0 amide bonds. The Morgan fingerprint density at radius 3 is 2.92 bits per heavy atom. The lowest BCUT2D eigenvalue weighted by Crippen LogP contribution is -2.26. The van der Waals surface area contributed by atoms with Crippen molar-refractivity contribution in [2.24, 2.45) is 0 Å². The third kappa shape index (κ3) is 3.67. The van der Waals surface area contributed by atoms with Crippen LogP contribution >= 0.6 is 0 Å². The highest BCUT2D eigenvalue weighted by molar-refractivity contribution is 5.66. The number of aromatic nitrogens is 4. The number of nitrogens with zero attached hydrogens (tertiary/aromatic N) is 5. The highest BCUT2D eigenvalue weighted by Gasteiger charge is 2.29. The summed E-state index contributed by atoms with van der Waals surface area (Å²) >= 11 is 0. The molecule has 1 unspecified atom stereocenters. The van der Waals surface area contributed by atoms with E-state index in [0.29, 0.717) is 6.42 Å². The molecule has 2 aromatic heterocycles. The third-order valence-electron chi connectivity index (χ3n) is 4.13. The van der Waals surface area contributed by atoms with Gasteiger partial charge in [-0.2, -0.15) is 0 Å². The van der Waals surface area contributed by atoms with Gasteiger partial charge in [0, 0.05) is 30.6 Å². The summed E-state index contributed by atoms with van der Waals surface area (Å²) in [6.07, 6.45) is 4.28. The Bertz CT molecular complexity index is 750. The van der Waals surface area contributed by atoms with E-state index in [9.17, 15) is 4.79 Å². The van der Waals surface area contributed by atoms with Gasteiger partial charge in [-0.15, -0.1) is 0 Å². The summed E-state index contributed by atoms with van der Waals surface area (Å²) in [6, 6.07) is 3.84. The minimum atomic E-state index is -0.813. The van der Waals surface area contributed by atoms with Crippen LogP contribution in [0.4, 0.5) is 5.82 Å². The summed E-state index contributed by atoms with van der Waals surface area (Å²) in [5.41, 5.74) is 1.65. The maximum Gasteiger partial charge on any atom is 0.303 e. The Kier molecular flexibility index (Phi) is 4.69. The van der Waals surface area contributed by atoms with Gasteiger partial charge in [0.25, 0.3) is 0 Å². The Balaban J connectivity index is 1.88. The fraction of sp³-hybridized carbons (Fsp3) is 0.471. The Hall–Kier alpha value is -2.57. The lowest BCUT2D eigenvalue weighted by molar-refractivity contribution is -0.136. The first-order chi connectivity index (χ1) is 11.5. The van der Waals surface area contributed by atoms with E-state index in [4.69, 9.17) is 5.11 Å². The second-order valence-corrected chi connectivity index (χ2v) is 6.07. The molecule has 0 bridgehead atoms. The van der Waals surface area contributed by atoms with Crippen molar-refractivity contribution < 1.29 is 9.90 Å². The predicted molar refractivity (Wildman–Crippen MR) is 88.8 cm³/mol. The van der Waals surface area contributed by atoms with Gasteiger partial charge in [-0.05, 0) is 38.8 Å². The molecule has 1 atom stereocenters. The smallest absolute Gasteiger partial charge is 0.303 e. The minimum absolute atomic E-state index is 0.0720. The van der Waals surface area contributed by atoms with E-state index in [1.165, 1.54) is 0 Å². The third-order valence-corrected chi connectivity index (χ3v) is 4.13. The van der Waals surface area contributed by atoms with Gasteiger partial charge in [-0.1, -0.05) is 0 Å². The molecular weight excluding hydrogens is 306 g/mol. The van der Waals surface area contributed by atoms with E-state index in [2.05, 4.69) is 24.8 Å². The van der Waals surface area contributed by atoms with Gasteiger partial charge in [0.2, 0.25) is 0 Å². The summed E-state index contributed by atoms with van der Waals surface area (Å²) < 4.78 is 0. The molecule has 24 heavy (non-hydrogen) atoms. The second-order valence-electron chi connectivity index (χ2n) is 6.07.